The summed E-state index contributed by atoms with van der Waals surface area (Å²) in [4.78, 5) is 0. The van der Waals surface area contributed by atoms with Gasteiger partial charge < -0.3 is 14.2 Å². The Morgan fingerprint density at radius 2 is 1.94 bits per heavy atom. The van der Waals surface area contributed by atoms with Gasteiger partial charge in [0.1, 0.15) is 11.5 Å². The van der Waals surface area contributed by atoms with Crippen LogP contribution in [-0.2, 0) is 11.3 Å². The van der Waals surface area contributed by atoms with E-state index in [1.54, 1.807) is 14.2 Å². The summed E-state index contributed by atoms with van der Waals surface area (Å²) in [7, 11) is 3.30. The number of hydrogen-bond donors (Lipinski definition) is 0. The summed E-state index contributed by atoms with van der Waals surface area (Å²) in [6, 6.07) is 5.77. The second kappa shape index (κ2) is 7.12. The van der Waals surface area contributed by atoms with Crippen LogP contribution in [0.2, 0.25) is 0 Å². The molecule has 0 saturated carbocycles. The molecule has 0 spiro atoms. The fraction of sp³-hybridized carbons (Fsp3) is 0.538. The minimum absolute atomic E-state index is 0.590. The van der Waals surface area contributed by atoms with Crippen molar-refractivity contribution < 1.29 is 14.2 Å². The van der Waals surface area contributed by atoms with Crippen LogP contribution in [0.5, 0.6) is 11.5 Å². The number of rotatable bonds is 7. The standard InChI is InChI=1S/C13H20O3/c1-4-5-8-16-10-11-6-7-12(14-2)9-13(11)15-3/h6-7,9H,4-5,8,10H2,1-3H3. The molecule has 0 radical (unpaired) electrons. The largest absolute Gasteiger partial charge is 0.497 e. The van der Waals surface area contributed by atoms with Crippen molar-refractivity contribution in [2.24, 2.45) is 0 Å². The molecule has 0 aliphatic rings. The smallest absolute Gasteiger partial charge is 0.128 e. The van der Waals surface area contributed by atoms with Crippen molar-refractivity contribution in [2.75, 3.05) is 20.8 Å². The molecule has 0 heterocycles. The summed E-state index contributed by atoms with van der Waals surface area (Å²) in [5, 5.41) is 0. The zero-order valence-corrected chi connectivity index (χ0v) is 10.3. The fourth-order valence-corrected chi connectivity index (χ4v) is 1.40. The molecular formula is C13H20O3. The summed E-state index contributed by atoms with van der Waals surface area (Å²) in [6.45, 7) is 3.54. The van der Waals surface area contributed by atoms with Crippen LogP contribution in [0.25, 0.3) is 0 Å². The van der Waals surface area contributed by atoms with Crippen molar-refractivity contribution in [2.45, 2.75) is 26.4 Å². The van der Waals surface area contributed by atoms with E-state index >= 15 is 0 Å². The topological polar surface area (TPSA) is 27.7 Å². The van der Waals surface area contributed by atoms with Gasteiger partial charge in [-0.25, -0.2) is 0 Å². The molecule has 0 aliphatic carbocycles. The Hall–Kier alpha value is -1.22. The van der Waals surface area contributed by atoms with E-state index in [0.717, 1.165) is 36.5 Å². The van der Waals surface area contributed by atoms with Gasteiger partial charge in [0.2, 0.25) is 0 Å². The van der Waals surface area contributed by atoms with Crippen LogP contribution in [0, 0.1) is 0 Å². The highest BCUT2D eigenvalue weighted by molar-refractivity contribution is 5.40. The van der Waals surface area contributed by atoms with Gasteiger partial charge in [0.05, 0.1) is 20.8 Å². The number of ether oxygens (including phenoxy) is 3. The third-order valence-corrected chi connectivity index (χ3v) is 2.39. The van der Waals surface area contributed by atoms with Gasteiger partial charge >= 0.3 is 0 Å². The van der Waals surface area contributed by atoms with Gasteiger partial charge in [0.15, 0.2) is 0 Å². The zero-order valence-electron chi connectivity index (χ0n) is 10.3. The van der Waals surface area contributed by atoms with Gasteiger partial charge in [-0.15, -0.1) is 0 Å². The molecule has 16 heavy (non-hydrogen) atoms. The van der Waals surface area contributed by atoms with E-state index in [2.05, 4.69) is 6.92 Å². The highest BCUT2D eigenvalue weighted by Crippen LogP contribution is 2.25. The van der Waals surface area contributed by atoms with Gasteiger partial charge in [-0.05, 0) is 18.6 Å². The molecule has 0 fully saturated rings. The lowest BCUT2D eigenvalue weighted by molar-refractivity contribution is 0.116. The Kier molecular flexibility index (Phi) is 5.72. The van der Waals surface area contributed by atoms with Crippen LogP contribution in [0.15, 0.2) is 18.2 Å². The van der Waals surface area contributed by atoms with E-state index in [1.165, 1.54) is 0 Å². The molecule has 1 rings (SSSR count). The SMILES string of the molecule is CCCCOCc1ccc(OC)cc1OC. The molecule has 0 bridgehead atoms. The van der Waals surface area contributed by atoms with Gasteiger partial charge in [-0.2, -0.15) is 0 Å². The summed E-state index contributed by atoms with van der Waals surface area (Å²) >= 11 is 0. The van der Waals surface area contributed by atoms with Gasteiger partial charge in [0.25, 0.3) is 0 Å². The lowest BCUT2D eigenvalue weighted by Gasteiger charge is -2.10. The van der Waals surface area contributed by atoms with E-state index in [9.17, 15) is 0 Å². The summed E-state index contributed by atoms with van der Waals surface area (Å²) < 4.78 is 16.0. The second-order valence-electron chi connectivity index (χ2n) is 3.58. The number of hydrogen-bond acceptors (Lipinski definition) is 3. The molecule has 3 nitrogen and oxygen atoms in total. The average Bonchev–Trinajstić information content (AvgIpc) is 2.34. The van der Waals surface area contributed by atoms with E-state index in [1.807, 2.05) is 18.2 Å². The van der Waals surface area contributed by atoms with Crippen molar-refractivity contribution in [1.82, 2.24) is 0 Å². The lowest BCUT2D eigenvalue weighted by Crippen LogP contribution is -1.98. The van der Waals surface area contributed by atoms with Crippen molar-refractivity contribution in [1.29, 1.82) is 0 Å². The maximum Gasteiger partial charge on any atom is 0.128 e. The molecule has 0 amide bonds. The molecule has 0 aromatic heterocycles. The number of benzene rings is 1. The molecule has 1 aromatic carbocycles. The molecule has 0 N–H and O–H groups in total. The van der Waals surface area contributed by atoms with E-state index in [4.69, 9.17) is 14.2 Å². The Morgan fingerprint density at radius 1 is 1.12 bits per heavy atom. The minimum atomic E-state index is 0.590. The molecule has 0 aliphatic heterocycles. The van der Waals surface area contributed by atoms with Crippen molar-refractivity contribution in [3.05, 3.63) is 23.8 Å². The first kappa shape index (κ1) is 12.8. The van der Waals surface area contributed by atoms with Crippen LogP contribution >= 0.6 is 0 Å². The monoisotopic (exact) mass is 224 g/mol. The molecule has 3 heteroatoms. The zero-order chi connectivity index (χ0) is 11.8. The van der Waals surface area contributed by atoms with Crippen LogP contribution in [0.3, 0.4) is 0 Å². The van der Waals surface area contributed by atoms with Crippen LogP contribution in [0.4, 0.5) is 0 Å². The molecule has 0 saturated heterocycles. The highest BCUT2D eigenvalue weighted by atomic mass is 16.5. The minimum Gasteiger partial charge on any atom is -0.497 e. The predicted molar refractivity (Wildman–Crippen MR) is 64.1 cm³/mol. The second-order valence-corrected chi connectivity index (χ2v) is 3.58. The van der Waals surface area contributed by atoms with E-state index in [0.29, 0.717) is 6.61 Å². The molecule has 0 atom stereocenters. The molecule has 1 aromatic rings. The fourth-order valence-electron chi connectivity index (χ4n) is 1.40. The summed E-state index contributed by atoms with van der Waals surface area (Å²) in [5.74, 6) is 1.62. The Labute approximate surface area is 97.3 Å². The van der Waals surface area contributed by atoms with Crippen LogP contribution < -0.4 is 9.47 Å². The number of methoxy groups -OCH3 is 2. The molecular weight excluding hydrogens is 204 g/mol. The first-order valence-corrected chi connectivity index (χ1v) is 5.60. The number of unbranched alkanes of at least 4 members (excludes halogenated alkanes) is 1. The van der Waals surface area contributed by atoms with Crippen LogP contribution in [0.1, 0.15) is 25.3 Å². The summed E-state index contributed by atoms with van der Waals surface area (Å²) in [5.41, 5.74) is 1.06. The Morgan fingerprint density at radius 3 is 2.56 bits per heavy atom. The average molecular weight is 224 g/mol. The third-order valence-electron chi connectivity index (χ3n) is 2.39. The van der Waals surface area contributed by atoms with Gasteiger partial charge in [-0.1, -0.05) is 13.3 Å². The van der Waals surface area contributed by atoms with Crippen molar-refractivity contribution in [3.8, 4) is 11.5 Å². The van der Waals surface area contributed by atoms with Crippen molar-refractivity contribution in [3.63, 3.8) is 0 Å². The van der Waals surface area contributed by atoms with E-state index in [-0.39, 0.29) is 0 Å². The maximum absolute atomic E-state index is 5.56. The highest BCUT2D eigenvalue weighted by Gasteiger charge is 2.04. The normalized spacial score (nSPS) is 10.2. The van der Waals surface area contributed by atoms with Crippen LogP contribution in [-0.4, -0.2) is 20.8 Å². The third kappa shape index (κ3) is 3.74. The van der Waals surface area contributed by atoms with Crippen molar-refractivity contribution >= 4 is 0 Å². The maximum atomic E-state index is 5.56. The molecule has 0 unspecified atom stereocenters. The lowest BCUT2D eigenvalue weighted by atomic mass is 10.2. The summed E-state index contributed by atoms with van der Waals surface area (Å²) in [6.07, 6.45) is 2.25. The first-order valence-electron chi connectivity index (χ1n) is 5.60. The van der Waals surface area contributed by atoms with Gasteiger partial charge in [-0.3, -0.25) is 0 Å². The predicted octanol–water partition coefficient (Wildman–Crippen LogP) is 3.02. The first-order chi connectivity index (χ1) is 7.81. The molecule has 90 valence electrons. The quantitative estimate of drug-likeness (QED) is 0.666. The Balaban J connectivity index is 2.57. The van der Waals surface area contributed by atoms with E-state index < -0.39 is 0 Å². The van der Waals surface area contributed by atoms with Gasteiger partial charge in [0, 0.05) is 18.2 Å². The Bertz CT molecular complexity index is 310.